The number of rotatable bonds is 6. The summed E-state index contributed by atoms with van der Waals surface area (Å²) < 4.78 is 0. The molecule has 0 amide bonds. The van der Waals surface area contributed by atoms with Crippen molar-refractivity contribution in [3.8, 4) is 0 Å². The lowest BCUT2D eigenvalue weighted by atomic mass is 10.0. The normalized spacial score (nSPS) is 13.3. The summed E-state index contributed by atoms with van der Waals surface area (Å²) in [5, 5.41) is 6.23. The Morgan fingerprint density at radius 2 is 1.70 bits per heavy atom. The van der Waals surface area contributed by atoms with Gasteiger partial charge in [0, 0.05) is 25.2 Å². The number of fused-ring (bicyclic) bond motifs is 1. The molecule has 1 unspecified atom stereocenters. The van der Waals surface area contributed by atoms with E-state index < -0.39 is 0 Å². The first-order chi connectivity index (χ1) is 9.58. The van der Waals surface area contributed by atoms with Crippen molar-refractivity contribution in [2.75, 3.05) is 20.1 Å². The molecule has 0 aliphatic rings. The molecule has 0 saturated carbocycles. The van der Waals surface area contributed by atoms with Gasteiger partial charge in [-0.05, 0) is 50.2 Å². The minimum absolute atomic E-state index is 0.389. The highest BCUT2D eigenvalue weighted by atomic mass is 15.1. The topological polar surface area (TPSA) is 15.3 Å². The van der Waals surface area contributed by atoms with Gasteiger partial charge in [0.1, 0.15) is 0 Å². The summed E-state index contributed by atoms with van der Waals surface area (Å²) in [4.78, 5) is 2.36. The monoisotopic (exact) mass is 270 g/mol. The van der Waals surface area contributed by atoms with Gasteiger partial charge in [0.05, 0.1) is 0 Å². The van der Waals surface area contributed by atoms with Crippen LogP contribution in [0.5, 0.6) is 0 Å². The molecule has 108 valence electrons. The standard InChI is InChI=1S/C18H26N2/c1-14(2)20(4)12-11-19-15(3)17-10-9-16-7-5-6-8-18(16)13-17/h5-10,13-15,19H,11-12H2,1-4H3. The van der Waals surface area contributed by atoms with Gasteiger partial charge in [-0.1, -0.05) is 36.4 Å². The molecule has 0 aromatic heterocycles. The van der Waals surface area contributed by atoms with Gasteiger partial charge in [0.25, 0.3) is 0 Å². The number of likely N-dealkylation sites (N-methyl/N-ethyl adjacent to an activating group) is 1. The summed E-state index contributed by atoms with van der Waals surface area (Å²) in [7, 11) is 2.17. The largest absolute Gasteiger partial charge is 0.309 e. The highest BCUT2D eigenvalue weighted by Gasteiger charge is 2.07. The summed E-state index contributed by atoms with van der Waals surface area (Å²) in [5.74, 6) is 0. The van der Waals surface area contributed by atoms with E-state index in [9.17, 15) is 0 Å². The van der Waals surface area contributed by atoms with Crippen LogP contribution in [0.1, 0.15) is 32.4 Å². The van der Waals surface area contributed by atoms with Gasteiger partial charge in [0.15, 0.2) is 0 Å². The highest BCUT2D eigenvalue weighted by molar-refractivity contribution is 5.83. The van der Waals surface area contributed by atoms with Gasteiger partial charge < -0.3 is 10.2 Å². The van der Waals surface area contributed by atoms with Crippen LogP contribution in [-0.4, -0.2) is 31.1 Å². The van der Waals surface area contributed by atoms with Crippen LogP contribution >= 0.6 is 0 Å². The van der Waals surface area contributed by atoms with Crippen molar-refractivity contribution < 1.29 is 0 Å². The average molecular weight is 270 g/mol. The molecule has 0 aliphatic heterocycles. The first kappa shape index (κ1) is 15.0. The zero-order valence-electron chi connectivity index (χ0n) is 13.1. The molecule has 0 aliphatic carbocycles. The molecule has 0 radical (unpaired) electrons. The van der Waals surface area contributed by atoms with Crippen molar-refractivity contribution in [1.29, 1.82) is 0 Å². The van der Waals surface area contributed by atoms with Crippen LogP contribution in [-0.2, 0) is 0 Å². The van der Waals surface area contributed by atoms with Crippen LogP contribution in [0.15, 0.2) is 42.5 Å². The lowest BCUT2D eigenvalue weighted by Crippen LogP contribution is -2.34. The number of nitrogens with zero attached hydrogens (tertiary/aromatic N) is 1. The molecule has 2 nitrogen and oxygen atoms in total. The zero-order valence-corrected chi connectivity index (χ0v) is 13.1. The molecule has 0 fully saturated rings. The molecule has 1 N–H and O–H groups in total. The third-order valence-corrected chi connectivity index (χ3v) is 4.07. The van der Waals surface area contributed by atoms with E-state index in [0.29, 0.717) is 12.1 Å². The SMILES string of the molecule is CC(NCCN(C)C(C)C)c1ccc2ccccc2c1. The maximum absolute atomic E-state index is 3.61. The molecule has 2 heteroatoms. The summed E-state index contributed by atoms with van der Waals surface area (Å²) in [6, 6.07) is 16.3. The van der Waals surface area contributed by atoms with Crippen LogP contribution in [0, 0.1) is 0 Å². The second-order valence-electron chi connectivity index (χ2n) is 5.86. The Balaban J connectivity index is 1.95. The lowest BCUT2D eigenvalue weighted by Gasteiger charge is -2.22. The van der Waals surface area contributed by atoms with Crippen LogP contribution in [0.4, 0.5) is 0 Å². The number of hydrogen-bond acceptors (Lipinski definition) is 2. The van der Waals surface area contributed by atoms with Crippen molar-refractivity contribution in [2.24, 2.45) is 0 Å². The maximum atomic E-state index is 3.61. The zero-order chi connectivity index (χ0) is 14.5. The van der Waals surface area contributed by atoms with Crippen molar-refractivity contribution in [3.63, 3.8) is 0 Å². The van der Waals surface area contributed by atoms with E-state index in [2.05, 4.69) is 80.5 Å². The molecule has 0 saturated heterocycles. The number of hydrogen-bond donors (Lipinski definition) is 1. The Bertz CT molecular complexity index is 548. The van der Waals surface area contributed by atoms with Gasteiger partial charge in [0.2, 0.25) is 0 Å². The highest BCUT2D eigenvalue weighted by Crippen LogP contribution is 2.20. The van der Waals surface area contributed by atoms with Gasteiger partial charge in [-0.2, -0.15) is 0 Å². The fourth-order valence-electron chi connectivity index (χ4n) is 2.31. The van der Waals surface area contributed by atoms with E-state index in [0.717, 1.165) is 13.1 Å². The fraction of sp³-hybridized carbons (Fsp3) is 0.444. The van der Waals surface area contributed by atoms with E-state index in [4.69, 9.17) is 0 Å². The Morgan fingerprint density at radius 3 is 2.40 bits per heavy atom. The molecule has 1 atom stereocenters. The number of benzene rings is 2. The van der Waals surface area contributed by atoms with Crippen LogP contribution in [0.25, 0.3) is 10.8 Å². The smallest absolute Gasteiger partial charge is 0.0292 e. The molecule has 2 rings (SSSR count). The second kappa shape index (κ2) is 6.87. The van der Waals surface area contributed by atoms with Crippen LogP contribution < -0.4 is 5.32 Å². The Hall–Kier alpha value is -1.38. The molecule has 0 bridgehead atoms. The molecule has 20 heavy (non-hydrogen) atoms. The first-order valence-electron chi connectivity index (χ1n) is 7.50. The third kappa shape index (κ3) is 3.81. The van der Waals surface area contributed by atoms with Crippen molar-refractivity contribution in [3.05, 3.63) is 48.0 Å². The molecule has 2 aromatic rings. The minimum atomic E-state index is 0.389. The van der Waals surface area contributed by atoms with Crippen molar-refractivity contribution in [2.45, 2.75) is 32.9 Å². The van der Waals surface area contributed by atoms with E-state index in [-0.39, 0.29) is 0 Å². The molecular weight excluding hydrogens is 244 g/mol. The second-order valence-corrected chi connectivity index (χ2v) is 5.86. The van der Waals surface area contributed by atoms with Gasteiger partial charge in [-0.3, -0.25) is 0 Å². The van der Waals surface area contributed by atoms with E-state index in [1.807, 2.05) is 0 Å². The Labute approximate surface area is 122 Å². The quantitative estimate of drug-likeness (QED) is 0.858. The third-order valence-electron chi connectivity index (χ3n) is 4.07. The van der Waals surface area contributed by atoms with Crippen molar-refractivity contribution in [1.82, 2.24) is 10.2 Å². The molecule has 0 spiro atoms. The average Bonchev–Trinajstić information content (AvgIpc) is 2.46. The van der Waals surface area contributed by atoms with Gasteiger partial charge >= 0.3 is 0 Å². The summed E-state index contributed by atoms with van der Waals surface area (Å²) in [5.41, 5.74) is 1.36. The Kier molecular flexibility index (Phi) is 5.16. The minimum Gasteiger partial charge on any atom is -0.309 e. The van der Waals surface area contributed by atoms with E-state index in [1.54, 1.807) is 0 Å². The maximum Gasteiger partial charge on any atom is 0.0292 e. The number of nitrogens with one attached hydrogen (secondary N) is 1. The van der Waals surface area contributed by atoms with Crippen LogP contribution in [0.2, 0.25) is 0 Å². The van der Waals surface area contributed by atoms with E-state index >= 15 is 0 Å². The van der Waals surface area contributed by atoms with Gasteiger partial charge in [-0.25, -0.2) is 0 Å². The van der Waals surface area contributed by atoms with Gasteiger partial charge in [-0.15, -0.1) is 0 Å². The summed E-state index contributed by atoms with van der Waals surface area (Å²) >= 11 is 0. The lowest BCUT2D eigenvalue weighted by molar-refractivity contribution is 0.270. The summed E-state index contributed by atoms with van der Waals surface area (Å²) in [6.45, 7) is 8.79. The fourth-order valence-corrected chi connectivity index (χ4v) is 2.31. The molecule has 0 heterocycles. The molecule has 2 aromatic carbocycles. The first-order valence-corrected chi connectivity index (χ1v) is 7.50. The predicted molar refractivity (Wildman–Crippen MR) is 88.1 cm³/mol. The predicted octanol–water partition coefficient (Wildman–Crippen LogP) is 3.83. The summed E-state index contributed by atoms with van der Waals surface area (Å²) in [6.07, 6.45) is 0. The van der Waals surface area contributed by atoms with E-state index in [1.165, 1.54) is 16.3 Å². The van der Waals surface area contributed by atoms with Crippen LogP contribution in [0.3, 0.4) is 0 Å². The van der Waals surface area contributed by atoms with Crippen molar-refractivity contribution >= 4 is 10.8 Å². The molecular formula is C18H26N2. The Morgan fingerprint density at radius 1 is 1.00 bits per heavy atom.